The molecule has 4 rings (SSSR count). The Labute approximate surface area is 144 Å². The zero-order valence-corrected chi connectivity index (χ0v) is 13.9. The van der Waals surface area contributed by atoms with E-state index in [9.17, 15) is 4.79 Å². The Hall–Kier alpha value is -2.31. The van der Waals surface area contributed by atoms with Crippen LogP contribution >= 0.6 is 11.7 Å². The molecular formula is C18H17N3O2S. The van der Waals surface area contributed by atoms with E-state index in [1.807, 2.05) is 48.5 Å². The molecule has 2 aromatic carbocycles. The van der Waals surface area contributed by atoms with E-state index in [1.165, 1.54) is 0 Å². The Morgan fingerprint density at radius 2 is 1.83 bits per heavy atom. The minimum atomic E-state index is -0.564. The number of amides is 1. The van der Waals surface area contributed by atoms with Crippen LogP contribution in [-0.4, -0.2) is 27.9 Å². The van der Waals surface area contributed by atoms with Gasteiger partial charge in [0.25, 0.3) is 0 Å². The lowest BCUT2D eigenvalue weighted by molar-refractivity contribution is -0.125. The summed E-state index contributed by atoms with van der Waals surface area (Å²) < 4.78 is 14.0. The first-order chi connectivity index (χ1) is 11.8. The Kier molecular flexibility index (Phi) is 4.00. The average Bonchev–Trinajstić information content (AvgIpc) is 3.13. The molecule has 0 bridgehead atoms. The summed E-state index contributed by atoms with van der Waals surface area (Å²) in [5, 5.41) is 3.09. The fourth-order valence-corrected chi connectivity index (χ4v) is 3.82. The molecule has 0 unspecified atom stereocenters. The Morgan fingerprint density at radius 3 is 2.62 bits per heavy atom. The number of fused-ring (bicyclic) bond motifs is 1. The maximum Gasteiger partial charge on any atom is 0.235 e. The van der Waals surface area contributed by atoms with Crippen LogP contribution in [0.25, 0.3) is 11.0 Å². The minimum absolute atomic E-state index is 0.00231. The number of aromatic nitrogens is 2. The lowest BCUT2D eigenvalue weighted by Gasteiger charge is -2.36. The zero-order valence-electron chi connectivity index (χ0n) is 13.1. The van der Waals surface area contributed by atoms with Crippen LogP contribution in [0.3, 0.4) is 0 Å². The molecule has 0 radical (unpaired) electrons. The molecule has 1 aromatic heterocycles. The van der Waals surface area contributed by atoms with E-state index in [4.69, 9.17) is 4.74 Å². The van der Waals surface area contributed by atoms with Gasteiger partial charge >= 0.3 is 0 Å². The number of benzene rings is 2. The lowest BCUT2D eigenvalue weighted by atomic mass is 9.73. The van der Waals surface area contributed by atoms with Crippen molar-refractivity contribution in [2.24, 2.45) is 0 Å². The van der Waals surface area contributed by atoms with Gasteiger partial charge < -0.3 is 10.1 Å². The summed E-state index contributed by atoms with van der Waals surface area (Å²) in [6.45, 7) is 1.18. The number of anilines is 1. The normalized spacial score (nSPS) is 16.8. The second-order valence-electron chi connectivity index (χ2n) is 5.95. The SMILES string of the molecule is O=C(Nc1cccc2nsnc12)C1(c2ccccc2)CCOCC1. The smallest absolute Gasteiger partial charge is 0.235 e. The van der Waals surface area contributed by atoms with Crippen LogP contribution in [0.2, 0.25) is 0 Å². The summed E-state index contributed by atoms with van der Waals surface area (Å²) in [6, 6.07) is 15.6. The number of carbonyl (C=O) groups is 1. The average molecular weight is 339 g/mol. The number of hydrogen-bond donors (Lipinski definition) is 1. The molecule has 1 N–H and O–H groups in total. The van der Waals surface area contributed by atoms with Crippen LogP contribution in [0.4, 0.5) is 5.69 Å². The summed E-state index contributed by atoms with van der Waals surface area (Å²) >= 11 is 1.15. The van der Waals surface area contributed by atoms with E-state index >= 15 is 0 Å². The van der Waals surface area contributed by atoms with Crippen molar-refractivity contribution in [1.29, 1.82) is 0 Å². The van der Waals surface area contributed by atoms with Gasteiger partial charge in [0.05, 0.1) is 22.8 Å². The van der Waals surface area contributed by atoms with E-state index in [1.54, 1.807) is 0 Å². The molecule has 122 valence electrons. The Bertz CT molecular complexity index is 857. The predicted octanol–water partition coefficient (Wildman–Crippen LogP) is 3.38. The van der Waals surface area contributed by atoms with Gasteiger partial charge in [-0.1, -0.05) is 36.4 Å². The van der Waals surface area contributed by atoms with Crippen LogP contribution in [-0.2, 0) is 14.9 Å². The van der Waals surface area contributed by atoms with E-state index in [-0.39, 0.29) is 5.91 Å². The van der Waals surface area contributed by atoms with Crippen molar-refractivity contribution in [2.45, 2.75) is 18.3 Å². The van der Waals surface area contributed by atoms with E-state index < -0.39 is 5.41 Å². The number of nitrogens with zero attached hydrogens (tertiary/aromatic N) is 2. The quantitative estimate of drug-likeness (QED) is 0.794. The summed E-state index contributed by atoms with van der Waals surface area (Å²) in [5.41, 5.74) is 2.73. The van der Waals surface area contributed by atoms with Gasteiger partial charge in [0.2, 0.25) is 5.91 Å². The number of rotatable bonds is 3. The van der Waals surface area contributed by atoms with Gasteiger partial charge in [-0.2, -0.15) is 8.75 Å². The second-order valence-corrected chi connectivity index (χ2v) is 6.48. The highest BCUT2D eigenvalue weighted by Gasteiger charge is 2.41. The monoisotopic (exact) mass is 339 g/mol. The molecule has 0 atom stereocenters. The molecular weight excluding hydrogens is 322 g/mol. The summed E-state index contributed by atoms with van der Waals surface area (Å²) in [7, 11) is 0. The van der Waals surface area contributed by atoms with Gasteiger partial charge in [-0.15, -0.1) is 0 Å². The molecule has 1 fully saturated rings. The van der Waals surface area contributed by atoms with Crippen LogP contribution in [0.5, 0.6) is 0 Å². The molecule has 1 saturated heterocycles. The molecule has 3 aromatic rings. The van der Waals surface area contributed by atoms with Crippen LogP contribution < -0.4 is 5.32 Å². The van der Waals surface area contributed by atoms with Crippen molar-refractivity contribution in [3.05, 3.63) is 54.1 Å². The first-order valence-corrected chi connectivity index (χ1v) is 8.69. The fourth-order valence-electron chi connectivity index (χ4n) is 3.27. The van der Waals surface area contributed by atoms with Gasteiger partial charge in [-0.05, 0) is 30.5 Å². The predicted molar refractivity (Wildman–Crippen MR) is 94.2 cm³/mol. The maximum absolute atomic E-state index is 13.2. The maximum atomic E-state index is 13.2. The van der Waals surface area contributed by atoms with E-state index in [0.29, 0.717) is 31.7 Å². The van der Waals surface area contributed by atoms with Crippen molar-refractivity contribution >= 4 is 34.4 Å². The van der Waals surface area contributed by atoms with Crippen molar-refractivity contribution in [3.63, 3.8) is 0 Å². The molecule has 0 spiro atoms. The Morgan fingerprint density at radius 1 is 1.04 bits per heavy atom. The van der Waals surface area contributed by atoms with E-state index in [0.717, 1.165) is 28.3 Å². The lowest BCUT2D eigenvalue weighted by Crippen LogP contribution is -2.44. The fraction of sp³-hybridized carbons (Fsp3) is 0.278. The van der Waals surface area contributed by atoms with Crippen molar-refractivity contribution in [3.8, 4) is 0 Å². The first-order valence-electron chi connectivity index (χ1n) is 7.96. The molecule has 0 saturated carbocycles. The number of hydrogen-bond acceptors (Lipinski definition) is 5. The number of nitrogens with one attached hydrogen (secondary N) is 1. The van der Waals surface area contributed by atoms with Crippen molar-refractivity contribution in [1.82, 2.24) is 8.75 Å². The molecule has 24 heavy (non-hydrogen) atoms. The minimum Gasteiger partial charge on any atom is -0.381 e. The first kappa shape index (κ1) is 15.2. The summed E-state index contributed by atoms with van der Waals surface area (Å²) in [5.74, 6) is -0.00231. The molecule has 1 aliphatic rings. The molecule has 5 nitrogen and oxygen atoms in total. The summed E-state index contributed by atoms with van der Waals surface area (Å²) in [6.07, 6.45) is 1.35. The number of ether oxygens (including phenoxy) is 1. The third-order valence-electron chi connectivity index (χ3n) is 4.64. The van der Waals surface area contributed by atoms with Gasteiger partial charge in [0, 0.05) is 13.2 Å². The van der Waals surface area contributed by atoms with Crippen LogP contribution in [0.1, 0.15) is 18.4 Å². The highest BCUT2D eigenvalue weighted by Crippen LogP contribution is 2.36. The van der Waals surface area contributed by atoms with Gasteiger partial charge in [0.1, 0.15) is 11.0 Å². The van der Waals surface area contributed by atoms with E-state index in [2.05, 4.69) is 14.1 Å². The molecule has 1 amide bonds. The van der Waals surface area contributed by atoms with Crippen molar-refractivity contribution in [2.75, 3.05) is 18.5 Å². The topological polar surface area (TPSA) is 64.1 Å². The largest absolute Gasteiger partial charge is 0.381 e. The molecule has 0 aliphatic carbocycles. The van der Waals surface area contributed by atoms with Crippen LogP contribution in [0, 0.1) is 0 Å². The number of carbonyl (C=O) groups excluding carboxylic acids is 1. The highest BCUT2D eigenvalue weighted by molar-refractivity contribution is 7.00. The zero-order chi connectivity index (χ0) is 16.4. The summed E-state index contributed by atoms with van der Waals surface area (Å²) in [4.78, 5) is 13.2. The van der Waals surface area contributed by atoms with Crippen molar-refractivity contribution < 1.29 is 9.53 Å². The van der Waals surface area contributed by atoms with Crippen LogP contribution in [0.15, 0.2) is 48.5 Å². The second kappa shape index (κ2) is 6.30. The van der Waals surface area contributed by atoms with Gasteiger partial charge in [-0.3, -0.25) is 4.79 Å². The third kappa shape index (κ3) is 2.57. The third-order valence-corrected chi connectivity index (χ3v) is 5.18. The standard InChI is InChI=1S/C18H17N3O2S/c22-17(19-14-7-4-8-15-16(14)21-24-20-15)18(9-11-23-12-10-18)13-5-2-1-3-6-13/h1-8H,9-12H2,(H,19,22). The van der Waals surface area contributed by atoms with Gasteiger partial charge in [0.15, 0.2) is 0 Å². The van der Waals surface area contributed by atoms with Gasteiger partial charge in [-0.25, -0.2) is 0 Å². The highest BCUT2D eigenvalue weighted by atomic mass is 32.1. The molecule has 6 heteroatoms. The molecule has 2 heterocycles. The molecule has 1 aliphatic heterocycles. The Balaban J connectivity index is 1.71.